The van der Waals surface area contributed by atoms with Gasteiger partial charge in [-0.25, -0.2) is 29.5 Å². The Labute approximate surface area is 281 Å². The van der Waals surface area contributed by atoms with Crippen LogP contribution in [0.1, 0.15) is 17.0 Å². The molecule has 0 fully saturated rings. The molecule has 7 rings (SSSR count). The molecule has 7 heterocycles. The van der Waals surface area contributed by atoms with Gasteiger partial charge in [0.15, 0.2) is 57.9 Å². The van der Waals surface area contributed by atoms with E-state index >= 15 is 0 Å². The second-order valence-electron chi connectivity index (χ2n) is 10.3. The number of hydrogen-bond donors (Lipinski definition) is 2. The van der Waals surface area contributed by atoms with Crippen molar-refractivity contribution >= 4 is 40.3 Å². The lowest BCUT2D eigenvalue weighted by molar-refractivity contribution is 0.801. The second-order valence-corrected chi connectivity index (χ2v) is 10.3. The molecule has 0 spiro atoms. The summed E-state index contributed by atoms with van der Waals surface area (Å²) in [5.74, 6) is 2.13. The summed E-state index contributed by atoms with van der Waals surface area (Å²) in [5, 5.41) is 44.1. The van der Waals surface area contributed by atoms with Gasteiger partial charge in [0.05, 0.1) is 42.7 Å². The van der Waals surface area contributed by atoms with Crippen molar-refractivity contribution in [3.8, 4) is 29.3 Å². The van der Waals surface area contributed by atoms with E-state index in [1.165, 1.54) is 43.5 Å². The van der Waals surface area contributed by atoms with E-state index in [2.05, 4.69) is 71.7 Å². The molecule has 7 aromatic rings. The number of aromatic nitrogens is 12. The third-order valence-electron chi connectivity index (χ3n) is 7.12. The van der Waals surface area contributed by atoms with Gasteiger partial charge >= 0.3 is 0 Å². The Bertz CT molecular complexity index is 2310. The molecule has 20 nitrogen and oxygen atoms in total. The van der Waals surface area contributed by atoms with Crippen molar-refractivity contribution in [3.63, 3.8) is 0 Å². The van der Waals surface area contributed by atoms with E-state index in [1.54, 1.807) is 62.6 Å². The molecule has 0 saturated carbocycles. The third-order valence-corrected chi connectivity index (χ3v) is 7.12. The van der Waals surface area contributed by atoms with Crippen molar-refractivity contribution in [2.75, 3.05) is 11.5 Å². The molecule has 242 valence electrons. The fraction of sp³-hybridized carbons (Fsp3) is 0.0667. The zero-order valence-electron chi connectivity index (χ0n) is 26.1. The number of pyridine rings is 2. The first-order chi connectivity index (χ1) is 24.4. The third kappa shape index (κ3) is 5.41. The Balaban J connectivity index is 1.15. The molecule has 7 aromatic heterocycles. The van der Waals surface area contributed by atoms with Crippen molar-refractivity contribution < 1.29 is 0 Å². The van der Waals surface area contributed by atoms with Crippen LogP contribution in [0.2, 0.25) is 0 Å². The smallest absolute Gasteiger partial charge is 0.252 e. The summed E-state index contributed by atoms with van der Waals surface area (Å²) >= 11 is 0. The van der Waals surface area contributed by atoms with Crippen LogP contribution < -0.4 is 11.5 Å². The molecule has 0 radical (unpaired) electrons. The quantitative estimate of drug-likeness (QED) is 0.161. The van der Waals surface area contributed by atoms with E-state index in [0.29, 0.717) is 23.0 Å². The first-order valence-corrected chi connectivity index (χ1v) is 14.5. The minimum absolute atomic E-state index is 0.136. The van der Waals surface area contributed by atoms with E-state index in [4.69, 9.17) is 18.0 Å². The van der Waals surface area contributed by atoms with E-state index in [-0.39, 0.29) is 57.5 Å². The maximum absolute atomic E-state index is 9.59. The highest BCUT2D eigenvalue weighted by Crippen LogP contribution is 2.35. The summed E-state index contributed by atoms with van der Waals surface area (Å²) in [6, 6.07) is 12.6. The number of nitrogen functional groups attached to an aromatic ring is 2. The van der Waals surface area contributed by atoms with Crippen LogP contribution in [0.4, 0.5) is 40.3 Å². The van der Waals surface area contributed by atoms with Gasteiger partial charge in [-0.2, -0.15) is 39.7 Å². The Morgan fingerprint density at radius 2 is 1.18 bits per heavy atom. The highest BCUT2D eigenvalue weighted by Gasteiger charge is 2.20. The molecule has 0 aliphatic rings. The van der Waals surface area contributed by atoms with Crippen LogP contribution in [-0.2, 0) is 0 Å². The summed E-state index contributed by atoms with van der Waals surface area (Å²) in [6.07, 6.45) is 8.85. The summed E-state index contributed by atoms with van der Waals surface area (Å²) in [6.45, 7) is 10.9. The van der Waals surface area contributed by atoms with Gasteiger partial charge < -0.3 is 11.5 Å². The molecule has 0 saturated heterocycles. The summed E-state index contributed by atoms with van der Waals surface area (Å²) < 4.78 is 5.53. The van der Waals surface area contributed by atoms with Crippen molar-refractivity contribution in [2.45, 2.75) is 13.8 Å². The predicted octanol–water partition coefficient (Wildman–Crippen LogP) is 5.04. The first kappa shape index (κ1) is 30.6. The number of anilines is 2. The normalized spacial score (nSPS) is 11.4. The van der Waals surface area contributed by atoms with Gasteiger partial charge in [-0.3, -0.25) is 0 Å². The molecule has 0 amide bonds. The molecule has 0 atom stereocenters. The largest absolute Gasteiger partial charge is 0.382 e. The fourth-order valence-electron chi connectivity index (χ4n) is 4.71. The molecule has 0 aliphatic heterocycles. The SMILES string of the molecule is [C-]#[N+]c1cnn(-c2ccccn2)c1N=Nc1c(C)nn(-c2cnc(-n3nc(C)c(N=Nc4c(C#N)cnn4-c4ccccn4)c3N)cn2)c1N. The Hall–Kier alpha value is -8.00. The van der Waals surface area contributed by atoms with Crippen LogP contribution in [0, 0.1) is 31.8 Å². The Morgan fingerprint density at radius 3 is 1.66 bits per heavy atom. The van der Waals surface area contributed by atoms with Crippen molar-refractivity contribution in [1.29, 1.82) is 5.26 Å². The highest BCUT2D eigenvalue weighted by atomic mass is 15.4. The molecule has 0 aliphatic carbocycles. The molecule has 0 unspecified atom stereocenters. The van der Waals surface area contributed by atoms with Crippen molar-refractivity contribution in [1.82, 2.24) is 59.1 Å². The van der Waals surface area contributed by atoms with E-state index in [9.17, 15) is 5.26 Å². The fourth-order valence-corrected chi connectivity index (χ4v) is 4.71. The van der Waals surface area contributed by atoms with Crippen LogP contribution in [-0.4, -0.2) is 59.1 Å². The summed E-state index contributed by atoms with van der Waals surface area (Å²) in [4.78, 5) is 21.0. The number of hydrogen-bond acceptors (Lipinski definition) is 15. The van der Waals surface area contributed by atoms with Gasteiger partial charge in [0.1, 0.15) is 11.6 Å². The molecule has 4 N–H and O–H groups in total. The average Bonchev–Trinajstić information content (AvgIpc) is 3.90. The van der Waals surface area contributed by atoms with Gasteiger partial charge in [-0.1, -0.05) is 12.1 Å². The van der Waals surface area contributed by atoms with Crippen LogP contribution >= 0.6 is 0 Å². The van der Waals surface area contributed by atoms with Crippen LogP contribution in [0.15, 0.2) is 94.0 Å². The highest BCUT2D eigenvalue weighted by molar-refractivity contribution is 5.66. The predicted molar refractivity (Wildman–Crippen MR) is 177 cm³/mol. The van der Waals surface area contributed by atoms with Crippen LogP contribution in [0.3, 0.4) is 0 Å². The standard InChI is InChI=1S/C30H22N20/c1-17-25(41-43-29-19(12-31)13-39-49(29)21-8-4-6-10-35-21)27(32)47(45-17)23-15-38-24(16-37-23)48-28(33)26(18(2)46-48)42-44-30-20(34-3)14-40-50(30)22-9-5-7-11-36-22/h4-11,13-16H,32-33H2,1-2H3. The maximum Gasteiger partial charge on any atom is 0.252 e. The molecule has 0 bridgehead atoms. The summed E-state index contributed by atoms with van der Waals surface area (Å²) in [5.41, 5.74) is 14.7. The van der Waals surface area contributed by atoms with Gasteiger partial charge in [0, 0.05) is 12.4 Å². The lowest BCUT2D eigenvalue weighted by atomic mass is 10.3. The van der Waals surface area contributed by atoms with Crippen LogP contribution in [0.5, 0.6) is 0 Å². The monoisotopic (exact) mass is 662 g/mol. The second kappa shape index (κ2) is 12.7. The van der Waals surface area contributed by atoms with E-state index in [0.717, 1.165) is 0 Å². The molecule has 20 heteroatoms. The average molecular weight is 663 g/mol. The topological polar surface area (TPSA) is 252 Å². The lowest BCUT2D eigenvalue weighted by Crippen LogP contribution is -2.08. The molecule has 0 aromatic carbocycles. The lowest BCUT2D eigenvalue weighted by Gasteiger charge is -2.06. The number of rotatable bonds is 8. The van der Waals surface area contributed by atoms with Gasteiger partial charge in [-0.05, 0) is 38.1 Å². The Kier molecular flexibility index (Phi) is 7.76. The van der Waals surface area contributed by atoms with Crippen molar-refractivity contribution in [2.24, 2.45) is 20.5 Å². The van der Waals surface area contributed by atoms with Gasteiger partial charge in [0.2, 0.25) is 0 Å². The molecular formula is C30H22N20. The van der Waals surface area contributed by atoms with Crippen molar-refractivity contribution in [3.05, 3.63) is 102 Å². The van der Waals surface area contributed by atoms with E-state index in [1.807, 2.05) is 0 Å². The Morgan fingerprint density at radius 1 is 0.660 bits per heavy atom. The number of nitriles is 1. The number of aryl methyl sites for hydroxylation is 2. The van der Waals surface area contributed by atoms with Crippen LogP contribution in [0.25, 0.3) is 28.1 Å². The number of nitrogens with two attached hydrogens (primary N) is 2. The first-order valence-electron chi connectivity index (χ1n) is 14.5. The summed E-state index contributed by atoms with van der Waals surface area (Å²) in [7, 11) is 0. The van der Waals surface area contributed by atoms with Gasteiger partial charge in [-0.15, -0.1) is 20.5 Å². The zero-order valence-corrected chi connectivity index (χ0v) is 26.1. The minimum Gasteiger partial charge on any atom is -0.382 e. The minimum atomic E-state index is 0.136. The maximum atomic E-state index is 9.59. The number of azo groups is 2. The van der Waals surface area contributed by atoms with Gasteiger partial charge in [0.25, 0.3) is 5.69 Å². The molecular weight excluding hydrogens is 640 g/mol. The van der Waals surface area contributed by atoms with E-state index < -0.39 is 0 Å². The molecule has 50 heavy (non-hydrogen) atoms. The zero-order chi connectivity index (χ0) is 34.8. The number of nitrogens with zero attached hydrogens (tertiary/aromatic N) is 18.